The van der Waals surface area contributed by atoms with Crippen LogP contribution in [0.2, 0.25) is 0 Å². The van der Waals surface area contributed by atoms with Crippen molar-refractivity contribution < 1.29 is 18.3 Å². The third-order valence-corrected chi connectivity index (χ3v) is 2.69. The number of hydrogen-bond donors (Lipinski definition) is 2. The molecular formula is C12H15ClF2N2O2. The van der Waals surface area contributed by atoms with Crippen LogP contribution in [0.1, 0.15) is 5.56 Å². The van der Waals surface area contributed by atoms with E-state index in [1.165, 1.54) is 6.07 Å². The van der Waals surface area contributed by atoms with Crippen molar-refractivity contribution in [3.8, 4) is 0 Å². The number of morpholine rings is 1. The summed E-state index contributed by atoms with van der Waals surface area (Å²) in [5.74, 6) is -2.02. The van der Waals surface area contributed by atoms with E-state index in [4.69, 9.17) is 4.74 Å². The largest absolute Gasteiger partial charge is 0.378 e. The lowest BCUT2D eigenvalue weighted by molar-refractivity contribution is -0.126. The molecule has 0 aromatic heterocycles. The summed E-state index contributed by atoms with van der Waals surface area (Å²) in [7, 11) is 0. The van der Waals surface area contributed by atoms with E-state index in [9.17, 15) is 13.6 Å². The molecule has 0 saturated carbocycles. The molecule has 0 bridgehead atoms. The Hall–Kier alpha value is -1.24. The maximum atomic E-state index is 12.9. The zero-order valence-corrected chi connectivity index (χ0v) is 10.9. The lowest BCUT2D eigenvalue weighted by atomic mass is 10.2. The van der Waals surface area contributed by atoms with Gasteiger partial charge in [-0.3, -0.25) is 4.79 Å². The third kappa shape index (κ3) is 4.41. The summed E-state index contributed by atoms with van der Waals surface area (Å²) < 4.78 is 30.8. The highest BCUT2D eigenvalue weighted by Crippen LogP contribution is 2.08. The molecule has 2 N–H and O–H groups in total. The first-order valence-corrected chi connectivity index (χ1v) is 5.69. The van der Waals surface area contributed by atoms with E-state index in [1.54, 1.807) is 0 Å². The van der Waals surface area contributed by atoms with Crippen LogP contribution in [0.25, 0.3) is 0 Å². The van der Waals surface area contributed by atoms with Crippen molar-refractivity contribution >= 4 is 18.3 Å². The Morgan fingerprint density at radius 2 is 2.21 bits per heavy atom. The number of benzene rings is 1. The van der Waals surface area contributed by atoms with Crippen molar-refractivity contribution in [3.05, 3.63) is 35.4 Å². The molecule has 106 valence electrons. The lowest BCUT2D eigenvalue weighted by Gasteiger charge is -2.22. The van der Waals surface area contributed by atoms with Gasteiger partial charge in [0, 0.05) is 13.1 Å². The Morgan fingerprint density at radius 3 is 2.84 bits per heavy atom. The first-order chi connectivity index (χ1) is 8.66. The second kappa shape index (κ2) is 7.37. The second-order valence-corrected chi connectivity index (χ2v) is 4.05. The van der Waals surface area contributed by atoms with Gasteiger partial charge in [-0.15, -0.1) is 12.4 Å². The number of rotatable bonds is 3. The fraction of sp³-hybridized carbons (Fsp3) is 0.417. The van der Waals surface area contributed by atoms with Crippen LogP contribution in [0.4, 0.5) is 8.78 Å². The third-order valence-electron chi connectivity index (χ3n) is 2.69. The van der Waals surface area contributed by atoms with Crippen LogP contribution in [-0.4, -0.2) is 31.7 Å². The molecule has 1 aliphatic heterocycles. The predicted octanol–water partition coefficient (Wildman–Crippen LogP) is 0.991. The summed E-state index contributed by atoms with van der Waals surface area (Å²) in [5.41, 5.74) is 0.513. The Balaban J connectivity index is 0.00000180. The molecule has 2 rings (SSSR count). The molecule has 1 amide bonds. The zero-order valence-electron chi connectivity index (χ0n) is 10.1. The minimum absolute atomic E-state index is 0. The van der Waals surface area contributed by atoms with Gasteiger partial charge in [0.2, 0.25) is 5.91 Å². The Labute approximate surface area is 115 Å². The highest BCUT2D eigenvalue weighted by molar-refractivity contribution is 5.85. The van der Waals surface area contributed by atoms with Crippen LogP contribution in [0.3, 0.4) is 0 Å². The van der Waals surface area contributed by atoms with E-state index < -0.39 is 11.6 Å². The van der Waals surface area contributed by atoms with E-state index in [2.05, 4.69) is 10.6 Å². The monoisotopic (exact) mass is 292 g/mol. The Morgan fingerprint density at radius 1 is 1.42 bits per heavy atom. The number of carbonyl (C=O) groups is 1. The number of nitrogens with one attached hydrogen (secondary N) is 2. The molecule has 1 aliphatic rings. The van der Waals surface area contributed by atoms with Crippen molar-refractivity contribution in [2.24, 2.45) is 0 Å². The van der Waals surface area contributed by atoms with E-state index in [-0.39, 0.29) is 30.9 Å². The molecule has 0 spiro atoms. The fourth-order valence-corrected chi connectivity index (χ4v) is 1.70. The van der Waals surface area contributed by atoms with E-state index in [1.807, 2.05) is 0 Å². The summed E-state index contributed by atoms with van der Waals surface area (Å²) in [6.45, 7) is 1.70. The summed E-state index contributed by atoms with van der Waals surface area (Å²) in [5, 5.41) is 5.65. The fourth-order valence-electron chi connectivity index (χ4n) is 1.70. The van der Waals surface area contributed by atoms with Crippen molar-refractivity contribution in [1.82, 2.24) is 10.6 Å². The molecule has 1 unspecified atom stereocenters. The predicted molar refractivity (Wildman–Crippen MR) is 68.1 cm³/mol. The number of halogens is 3. The molecule has 1 saturated heterocycles. The SMILES string of the molecule is Cl.O=C(NCc1ccc(F)c(F)c1)C1COCCN1. The van der Waals surface area contributed by atoms with E-state index in [0.717, 1.165) is 12.1 Å². The topological polar surface area (TPSA) is 50.4 Å². The van der Waals surface area contributed by atoms with Gasteiger partial charge in [-0.1, -0.05) is 6.07 Å². The van der Waals surface area contributed by atoms with Gasteiger partial charge in [-0.25, -0.2) is 8.78 Å². The quantitative estimate of drug-likeness (QED) is 0.874. The first kappa shape index (κ1) is 15.8. The van der Waals surface area contributed by atoms with Crippen molar-refractivity contribution in [3.63, 3.8) is 0 Å². The van der Waals surface area contributed by atoms with E-state index >= 15 is 0 Å². The molecule has 1 aromatic rings. The molecular weight excluding hydrogens is 278 g/mol. The molecule has 19 heavy (non-hydrogen) atoms. The van der Waals surface area contributed by atoms with Gasteiger partial charge in [0.15, 0.2) is 11.6 Å². The van der Waals surface area contributed by atoms with Crippen molar-refractivity contribution in [2.75, 3.05) is 19.8 Å². The summed E-state index contributed by atoms with van der Waals surface area (Å²) >= 11 is 0. The molecule has 7 heteroatoms. The maximum Gasteiger partial charge on any atom is 0.239 e. The minimum Gasteiger partial charge on any atom is -0.378 e. The van der Waals surface area contributed by atoms with Crippen molar-refractivity contribution in [2.45, 2.75) is 12.6 Å². The van der Waals surface area contributed by atoms with Crippen LogP contribution < -0.4 is 10.6 Å². The van der Waals surface area contributed by atoms with E-state index in [0.29, 0.717) is 25.3 Å². The smallest absolute Gasteiger partial charge is 0.239 e. The average Bonchev–Trinajstić information content (AvgIpc) is 2.41. The number of amides is 1. The van der Waals surface area contributed by atoms with Gasteiger partial charge in [-0.05, 0) is 17.7 Å². The number of hydrogen-bond acceptors (Lipinski definition) is 3. The van der Waals surface area contributed by atoms with Gasteiger partial charge in [0.05, 0.1) is 13.2 Å². The van der Waals surface area contributed by atoms with Crippen LogP contribution in [0, 0.1) is 11.6 Å². The molecule has 1 heterocycles. The minimum atomic E-state index is -0.916. The maximum absolute atomic E-state index is 12.9. The standard InChI is InChI=1S/C12H14F2N2O2.ClH/c13-9-2-1-8(5-10(9)14)6-16-12(17)11-7-18-4-3-15-11;/h1-2,5,11,15H,3-4,6-7H2,(H,16,17);1H. The highest BCUT2D eigenvalue weighted by Gasteiger charge is 2.20. The van der Waals surface area contributed by atoms with Gasteiger partial charge in [0.1, 0.15) is 6.04 Å². The van der Waals surface area contributed by atoms with Gasteiger partial charge in [-0.2, -0.15) is 0 Å². The van der Waals surface area contributed by atoms with Crippen LogP contribution in [0.5, 0.6) is 0 Å². The van der Waals surface area contributed by atoms with Crippen LogP contribution in [-0.2, 0) is 16.1 Å². The second-order valence-electron chi connectivity index (χ2n) is 4.05. The molecule has 1 fully saturated rings. The van der Waals surface area contributed by atoms with Gasteiger partial charge in [0.25, 0.3) is 0 Å². The number of ether oxygens (including phenoxy) is 1. The average molecular weight is 293 g/mol. The summed E-state index contributed by atoms with van der Waals surface area (Å²) in [6.07, 6.45) is 0. The normalized spacial score (nSPS) is 18.5. The summed E-state index contributed by atoms with van der Waals surface area (Å²) in [6, 6.07) is 3.16. The Bertz CT molecular complexity index is 440. The summed E-state index contributed by atoms with van der Waals surface area (Å²) in [4.78, 5) is 11.7. The van der Waals surface area contributed by atoms with Gasteiger partial charge < -0.3 is 15.4 Å². The van der Waals surface area contributed by atoms with Crippen LogP contribution >= 0.6 is 12.4 Å². The highest BCUT2D eigenvalue weighted by atomic mass is 35.5. The van der Waals surface area contributed by atoms with Gasteiger partial charge >= 0.3 is 0 Å². The molecule has 4 nitrogen and oxygen atoms in total. The zero-order chi connectivity index (χ0) is 13.0. The Kier molecular flexibility index (Phi) is 6.14. The molecule has 0 radical (unpaired) electrons. The first-order valence-electron chi connectivity index (χ1n) is 5.69. The molecule has 0 aliphatic carbocycles. The molecule has 1 aromatic carbocycles. The van der Waals surface area contributed by atoms with Crippen molar-refractivity contribution in [1.29, 1.82) is 0 Å². The lowest BCUT2D eigenvalue weighted by Crippen LogP contribution is -2.51. The van der Waals surface area contributed by atoms with Crippen LogP contribution in [0.15, 0.2) is 18.2 Å². The molecule has 1 atom stereocenters. The number of carbonyl (C=O) groups excluding carboxylic acids is 1.